The molecule has 2 aromatic carbocycles. The predicted octanol–water partition coefficient (Wildman–Crippen LogP) is 5.19. The summed E-state index contributed by atoms with van der Waals surface area (Å²) in [4.78, 5) is 4.49. The number of aryl methyl sites for hydroxylation is 2. The van der Waals surface area contributed by atoms with Gasteiger partial charge in [0.2, 0.25) is 0 Å². The van der Waals surface area contributed by atoms with Gasteiger partial charge < -0.3 is 4.42 Å². The fourth-order valence-corrected chi connectivity index (χ4v) is 2.37. The molecule has 3 nitrogen and oxygen atoms in total. The molecule has 3 heteroatoms. The smallest absolute Gasteiger partial charge is 0.145 e. The third-order valence-electron chi connectivity index (χ3n) is 3.61. The van der Waals surface area contributed by atoms with Crippen molar-refractivity contribution >= 4 is 11.9 Å². The van der Waals surface area contributed by atoms with E-state index < -0.39 is 0 Å². The summed E-state index contributed by atoms with van der Waals surface area (Å²) in [6.07, 6.45) is 1.73. The maximum absolute atomic E-state index is 8.83. The predicted molar refractivity (Wildman–Crippen MR) is 92.0 cm³/mol. The maximum Gasteiger partial charge on any atom is 0.145 e. The molecule has 23 heavy (non-hydrogen) atoms. The molecule has 0 saturated carbocycles. The molecule has 0 aliphatic heterocycles. The zero-order valence-corrected chi connectivity index (χ0v) is 13.1. The van der Waals surface area contributed by atoms with Crippen LogP contribution in [-0.4, -0.2) is 6.21 Å². The molecule has 0 aliphatic carbocycles. The Morgan fingerprint density at radius 1 is 1.00 bits per heavy atom. The van der Waals surface area contributed by atoms with E-state index in [1.54, 1.807) is 18.3 Å². The van der Waals surface area contributed by atoms with Gasteiger partial charge in [-0.15, -0.1) is 0 Å². The highest BCUT2D eigenvalue weighted by atomic mass is 16.3. The van der Waals surface area contributed by atoms with Gasteiger partial charge >= 0.3 is 0 Å². The zero-order valence-electron chi connectivity index (χ0n) is 13.1. The first-order valence-corrected chi connectivity index (χ1v) is 7.37. The van der Waals surface area contributed by atoms with E-state index in [1.807, 2.05) is 43.3 Å². The van der Waals surface area contributed by atoms with Crippen LogP contribution in [0.4, 0.5) is 5.69 Å². The van der Waals surface area contributed by atoms with Gasteiger partial charge in [0, 0.05) is 5.56 Å². The Morgan fingerprint density at radius 2 is 1.78 bits per heavy atom. The molecule has 3 rings (SSSR count). The van der Waals surface area contributed by atoms with Crippen molar-refractivity contribution < 1.29 is 4.42 Å². The molecule has 0 fully saturated rings. The molecule has 0 saturated heterocycles. The van der Waals surface area contributed by atoms with Gasteiger partial charge in [-0.2, -0.15) is 5.26 Å². The number of rotatable bonds is 3. The van der Waals surface area contributed by atoms with Crippen LogP contribution in [0.3, 0.4) is 0 Å². The standard InChI is InChI=1S/C20H16N2O/c1-14-3-9-19(15(2)11-14)22-13-18-8-10-20(23-18)17-6-4-16(12-21)5-7-17/h3-11,13H,1-2H3. The number of aliphatic imine (C=N–C) groups is 1. The Kier molecular flexibility index (Phi) is 4.07. The Balaban J connectivity index is 1.81. The average Bonchev–Trinajstić information content (AvgIpc) is 3.03. The van der Waals surface area contributed by atoms with Crippen molar-refractivity contribution in [3.05, 3.63) is 77.0 Å². The van der Waals surface area contributed by atoms with E-state index in [0.717, 1.165) is 22.6 Å². The lowest BCUT2D eigenvalue weighted by Crippen LogP contribution is -1.80. The third kappa shape index (κ3) is 3.38. The monoisotopic (exact) mass is 300 g/mol. The third-order valence-corrected chi connectivity index (χ3v) is 3.61. The number of hydrogen-bond acceptors (Lipinski definition) is 3. The Morgan fingerprint density at radius 3 is 2.48 bits per heavy atom. The van der Waals surface area contributed by atoms with Crippen LogP contribution in [0.25, 0.3) is 11.3 Å². The number of nitriles is 1. The molecule has 1 aromatic heterocycles. The summed E-state index contributed by atoms with van der Waals surface area (Å²) in [5.74, 6) is 1.46. The lowest BCUT2D eigenvalue weighted by molar-refractivity contribution is 0.575. The van der Waals surface area contributed by atoms with Crippen molar-refractivity contribution in [1.29, 1.82) is 5.26 Å². The van der Waals surface area contributed by atoms with Gasteiger partial charge in [-0.05, 0) is 61.9 Å². The van der Waals surface area contributed by atoms with Crippen LogP contribution in [0.1, 0.15) is 22.5 Å². The van der Waals surface area contributed by atoms with E-state index in [-0.39, 0.29) is 0 Å². The van der Waals surface area contributed by atoms with Gasteiger partial charge in [-0.25, -0.2) is 0 Å². The minimum absolute atomic E-state index is 0.636. The summed E-state index contributed by atoms with van der Waals surface area (Å²) in [7, 11) is 0. The highest BCUT2D eigenvalue weighted by molar-refractivity contribution is 5.80. The Hall–Kier alpha value is -3.12. The summed E-state index contributed by atoms with van der Waals surface area (Å²) < 4.78 is 5.80. The molecule has 0 radical (unpaired) electrons. The van der Waals surface area contributed by atoms with E-state index in [9.17, 15) is 0 Å². The van der Waals surface area contributed by atoms with Crippen molar-refractivity contribution in [3.8, 4) is 17.4 Å². The lowest BCUT2D eigenvalue weighted by Gasteiger charge is -2.00. The van der Waals surface area contributed by atoms with Crippen molar-refractivity contribution in [2.75, 3.05) is 0 Å². The van der Waals surface area contributed by atoms with Crippen LogP contribution in [0, 0.1) is 25.2 Å². The fraction of sp³-hybridized carbons (Fsp3) is 0.100. The maximum atomic E-state index is 8.83. The minimum atomic E-state index is 0.636. The van der Waals surface area contributed by atoms with Crippen molar-refractivity contribution in [2.24, 2.45) is 4.99 Å². The second kappa shape index (κ2) is 6.33. The summed E-state index contributed by atoms with van der Waals surface area (Å²) in [6.45, 7) is 4.11. The number of benzene rings is 2. The number of furan rings is 1. The molecular weight excluding hydrogens is 284 g/mol. The largest absolute Gasteiger partial charge is 0.455 e. The van der Waals surface area contributed by atoms with Crippen molar-refractivity contribution in [1.82, 2.24) is 0 Å². The highest BCUT2D eigenvalue weighted by Crippen LogP contribution is 2.23. The van der Waals surface area contributed by atoms with E-state index in [4.69, 9.17) is 9.68 Å². The fourth-order valence-electron chi connectivity index (χ4n) is 2.37. The van der Waals surface area contributed by atoms with Crippen LogP contribution < -0.4 is 0 Å². The molecule has 0 amide bonds. The van der Waals surface area contributed by atoms with E-state index in [0.29, 0.717) is 11.3 Å². The number of hydrogen-bond donors (Lipinski definition) is 0. The van der Waals surface area contributed by atoms with Gasteiger partial charge in [0.25, 0.3) is 0 Å². The van der Waals surface area contributed by atoms with Crippen LogP contribution in [0.2, 0.25) is 0 Å². The summed E-state index contributed by atoms with van der Waals surface area (Å²) in [6, 6.07) is 19.4. The zero-order chi connectivity index (χ0) is 16.2. The summed E-state index contributed by atoms with van der Waals surface area (Å²) in [5, 5.41) is 8.83. The molecule has 0 unspecified atom stereocenters. The first kappa shape index (κ1) is 14.8. The van der Waals surface area contributed by atoms with Gasteiger partial charge in [0.15, 0.2) is 0 Å². The molecule has 1 heterocycles. The normalized spacial score (nSPS) is 10.8. The van der Waals surface area contributed by atoms with Gasteiger partial charge in [0.1, 0.15) is 11.5 Å². The van der Waals surface area contributed by atoms with E-state index >= 15 is 0 Å². The minimum Gasteiger partial charge on any atom is -0.455 e. The van der Waals surface area contributed by atoms with Gasteiger partial charge in [0.05, 0.1) is 23.5 Å². The van der Waals surface area contributed by atoms with Crippen LogP contribution in [0.15, 0.2) is 64.0 Å². The van der Waals surface area contributed by atoms with Gasteiger partial charge in [-0.3, -0.25) is 4.99 Å². The highest BCUT2D eigenvalue weighted by Gasteiger charge is 2.04. The molecule has 0 spiro atoms. The quantitative estimate of drug-likeness (QED) is 0.625. The molecule has 0 atom stereocenters. The van der Waals surface area contributed by atoms with Crippen molar-refractivity contribution in [2.45, 2.75) is 13.8 Å². The Bertz CT molecular complexity index is 896. The SMILES string of the molecule is Cc1ccc(N=Cc2ccc(-c3ccc(C#N)cc3)o2)c(C)c1. The molecule has 112 valence electrons. The summed E-state index contributed by atoms with van der Waals surface area (Å²) >= 11 is 0. The first-order valence-electron chi connectivity index (χ1n) is 7.37. The molecule has 3 aromatic rings. The first-order chi connectivity index (χ1) is 11.2. The number of nitrogens with zero attached hydrogens (tertiary/aromatic N) is 2. The van der Waals surface area contributed by atoms with Crippen molar-refractivity contribution in [3.63, 3.8) is 0 Å². The van der Waals surface area contributed by atoms with Crippen LogP contribution in [-0.2, 0) is 0 Å². The Labute approximate surface area is 135 Å². The van der Waals surface area contributed by atoms with Crippen LogP contribution >= 0.6 is 0 Å². The van der Waals surface area contributed by atoms with E-state index in [1.165, 1.54) is 5.56 Å². The average molecular weight is 300 g/mol. The molecule has 0 aliphatic rings. The second-order valence-corrected chi connectivity index (χ2v) is 5.44. The molecule has 0 N–H and O–H groups in total. The second-order valence-electron chi connectivity index (χ2n) is 5.44. The molecular formula is C20H16N2O. The summed E-state index contributed by atoms with van der Waals surface area (Å²) in [5.41, 5.74) is 4.88. The van der Waals surface area contributed by atoms with Gasteiger partial charge in [-0.1, -0.05) is 17.7 Å². The topological polar surface area (TPSA) is 49.3 Å². The van der Waals surface area contributed by atoms with E-state index in [2.05, 4.69) is 24.1 Å². The van der Waals surface area contributed by atoms with Crippen LogP contribution in [0.5, 0.6) is 0 Å². The molecule has 0 bridgehead atoms. The lowest BCUT2D eigenvalue weighted by atomic mass is 10.1.